The molecule has 1 heterocycles. The molecule has 0 aliphatic heterocycles. The third-order valence-electron chi connectivity index (χ3n) is 3.58. The minimum atomic E-state index is -1.01. The molecule has 0 aliphatic rings. The van der Waals surface area contributed by atoms with Gasteiger partial charge in [-0.15, -0.1) is 10.2 Å². The third-order valence-corrected chi connectivity index (χ3v) is 3.58. The first-order valence-electron chi connectivity index (χ1n) is 6.09. The number of carboxylic acid groups (broad SMARTS) is 1. The summed E-state index contributed by atoms with van der Waals surface area (Å²) in [5.41, 5.74) is -0.239. The van der Waals surface area contributed by atoms with Crippen LogP contribution in [-0.4, -0.2) is 25.8 Å². The molecule has 1 N–H and O–H groups in total. The monoisotopic (exact) mass is 259 g/mol. The van der Waals surface area contributed by atoms with Crippen LogP contribution >= 0.6 is 0 Å². The van der Waals surface area contributed by atoms with E-state index in [0.717, 1.165) is 11.4 Å². The summed E-state index contributed by atoms with van der Waals surface area (Å²) in [6, 6.07) is 9.23. The lowest BCUT2D eigenvalue weighted by Crippen LogP contribution is -2.35. The second-order valence-electron chi connectivity index (χ2n) is 4.90. The number of aliphatic carboxylic acids is 1. The predicted molar refractivity (Wildman–Crippen MR) is 70.9 cm³/mol. The van der Waals surface area contributed by atoms with E-state index >= 15 is 0 Å². The Bertz CT molecular complexity index is 592. The van der Waals surface area contributed by atoms with E-state index in [4.69, 9.17) is 0 Å². The van der Waals surface area contributed by atoms with E-state index in [9.17, 15) is 9.90 Å². The molecule has 5 nitrogen and oxygen atoms in total. The van der Waals surface area contributed by atoms with Gasteiger partial charge in [0, 0.05) is 13.5 Å². The molecule has 1 atom stereocenters. The zero-order chi connectivity index (χ0) is 14.0. The average Bonchev–Trinajstić information content (AvgIpc) is 2.71. The second kappa shape index (κ2) is 4.84. The van der Waals surface area contributed by atoms with Crippen LogP contribution in [0.5, 0.6) is 0 Å². The van der Waals surface area contributed by atoms with Gasteiger partial charge in [-0.25, -0.2) is 0 Å². The number of hydrogen-bond acceptors (Lipinski definition) is 3. The maximum atomic E-state index is 11.7. The van der Waals surface area contributed by atoms with Gasteiger partial charge < -0.3 is 9.67 Å². The van der Waals surface area contributed by atoms with E-state index in [-0.39, 0.29) is 0 Å². The van der Waals surface area contributed by atoms with Crippen LogP contribution in [0.3, 0.4) is 0 Å². The molecule has 1 aromatic heterocycles. The largest absolute Gasteiger partial charge is 0.481 e. The topological polar surface area (TPSA) is 68.0 Å². The van der Waals surface area contributed by atoms with Crippen molar-refractivity contribution in [2.24, 2.45) is 7.05 Å². The molecule has 100 valence electrons. The zero-order valence-electron chi connectivity index (χ0n) is 11.3. The molecule has 0 radical (unpaired) electrons. The van der Waals surface area contributed by atoms with E-state index in [2.05, 4.69) is 10.2 Å². The smallest absolute Gasteiger partial charge is 0.314 e. The zero-order valence-corrected chi connectivity index (χ0v) is 11.3. The number of aromatic nitrogens is 3. The van der Waals surface area contributed by atoms with Gasteiger partial charge in [-0.05, 0) is 19.4 Å². The number of benzene rings is 1. The Hall–Kier alpha value is -2.17. The minimum Gasteiger partial charge on any atom is -0.481 e. The summed E-state index contributed by atoms with van der Waals surface area (Å²) < 4.78 is 1.82. The highest BCUT2D eigenvalue weighted by molar-refractivity contribution is 5.81. The fourth-order valence-corrected chi connectivity index (χ4v) is 2.03. The maximum Gasteiger partial charge on any atom is 0.314 e. The number of carbonyl (C=O) groups is 1. The van der Waals surface area contributed by atoms with E-state index in [0.29, 0.717) is 12.2 Å². The predicted octanol–water partition coefficient (Wildman–Crippen LogP) is 1.71. The molecule has 0 bridgehead atoms. The van der Waals surface area contributed by atoms with Crippen LogP contribution in [0.2, 0.25) is 0 Å². The SMILES string of the molecule is Cc1nnc(CC(C)(C(=O)O)c2ccccc2)n1C. The standard InChI is InChI=1S/C14H17N3O2/c1-10-15-16-12(17(10)3)9-14(2,13(18)19)11-7-5-4-6-8-11/h4-8H,9H2,1-3H3,(H,18,19). The van der Waals surface area contributed by atoms with Crippen molar-refractivity contribution in [1.82, 2.24) is 14.8 Å². The summed E-state index contributed by atoms with van der Waals surface area (Å²) in [6.45, 7) is 3.56. The molecule has 1 unspecified atom stereocenters. The van der Waals surface area contributed by atoms with E-state index in [1.54, 1.807) is 6.92 Å². The highest BCUT2D eigenvalue weighted by atomic mass is 16.4. The van der Waals surface area contributed by atoms with Crippen LogP contribution in [0.1, 0.15) is 24.1 Å². The van der Waals surface area contributed by atoms with Crippen molar-refractivity contribution in [1.29, 1.82) is 0 Å². The van der Waals surface area contributed by atoms with Gasteiger partial charge in [0.25, 0.3) is 0 Å². The molecule has 1 aromatic carbocycles. The van der Waals surface area contributed by atoms with E-state index in [1.807, 2.05) is 48.9 Å². The molecular formula is C14H17N3O2. The Morgan fingerprint density at radius 3 is 2.42 bits per heavy atom. The first-order chi connectivity index (χ1) is 8.95. The van der Waals surface area contributed by atoms with Gasteiger partial charge in [-0.3, -0.25) is 4.79 Å². The number of hydrogen-bond donors (Lipinski definition) is 1. The highest BCUT2D eigenvalue weighted by Gasteiger charge is 2.36. The number of nitrogens with zero attached hydrogens (tertiary/aromatic N) is 3. The molecule has 5 heteroatoms. The summed E-state index contributed by atoms with van der Waals surface area (Å²) in [5, 5.41) is 17.6. The van der Waals surface area contributed by atoms with E-state index < -0.39 is 11.4 Å². The Morgan fingerprint density at radius 1 is 1.32 bits per heavy atom. The van der Waals surface area contributed by atoms with Crippen LogP contribution in [0.4, 0.5) is 0 Å². The second-order valence-corrected chi connectivity index (χ2v) is 4.90. The normalized spacial score (nSPS) is 14.1. The highest BCUT2D eigenvalue weighted by Crippen LogP contribution is 2.28. The van der Waals surface area contributed by atoms with Crippen molar-refractivity contribution < 1.29 is 9.90 Å². The van der Waals surface area contributed by atoms with Crippen LogP contribution in [0.25, 0.3) is 0 Å². The van der Waals surface area contributed by atoms with Crippen LogP contribution in [-0.2, 0) is 23.7 Å². The van der Waals surface area contributed by atoms with Crippen molar-refractivity contribution in [3.8, 4) is 0 Å². The van der Waals surface area contributed by atoms with Crippen molar-refractivity contribution in [3.63, 3.8) is 0 Å². The third kappa shape index (κ3) is 2.36. The van der Waals surface area contributed by atoms with Gasteiger partial charge in [-0.2, -0.15) is 0 Å². The lowest BCUT2D eigenvalue weighted by atomic mass is 9.79. The molecule has 0 spiro atoms. The van der Waals surface area contributed by atoms with E-state index in [1.165, 1.54) is 0 Å². The maximum absolute atomic E-state index is 11.7. The molecule has 0 amide bonds. The number of rotatable bonds is 4. The lowest BCUT2D eigenvalue weighted by molar-refractivity contribution is -0.143. The molecule has 0 fully saturated rings. The minimum absolute atomic E-state index is 0.309. The van der Waals surface area contributed by atoms with Crippen LogP contribution in [0, 0.1) is 6.92 Å². The Morgan fingerprint density at radius 2 is 1.95 bits per heavy atom. The summed E-state index contributed by atoms with van der Waals surface area (Å²) in [5.74, 6) is 0.585. The first kappa shape index (κ1) is 13.3. The van der Waals surface area contributed by atoms with Gasteiger partial charge in [0.05, 0.1) is 5.41 Å². The quantitative estimate of drug-likeness (QED) is 0.907. The Kier molecular flexibility index (Phi) is 3.38. The summed E-state index contributed by atoms with van der Waals surface area (Å²) in [6.07, 6.45) is 0.309. The summed E-state index contributed by atoms with van der Waals surface area (Å²) in [7, 11) is 1.85. The summed E-state index contributed by atoms with van der Waals surface area (Å²) in [4.78, 5) is 11.7. The van der Waals surface area contributed by atoms with Crippen LogP contribution < -0.4 is 0 Å². The van der Waals surface area contributed by atoms with Gasteiger partial charge in [0.15, 0.2) is 0 Å². The molecule has 0 saturated heterocycles. The Balaban J connectivity index is 2.42. The average molecular weight is 259 g/mol. The molecule has 0 aliphatic carbocycles. The fourth-order valence-electron chi connectivity index (χ4n) is 2.03. The molecule has 19 heavy (non-hydrogen) atoms. The van der Waals surface area contributed by atoms with Gasteiger partial charge >= 0.3 is 5.97 Å². The molecular weight excluding hydrogens is 242 g/mol. The van der Waals surface area contributed by atoms with Crippen LogP contribution in [0.15, 0.2) is 30.3 Å². The molecule has 2 rings (SSSR count). The number of aryl methyl sites for hydroxylation is 1. The molecule has 2 aromatic rings. The lowest BCUT2D eigenvalue weighted by Gasteiger charge is -2.24. The summed E-state index contributed by atoms with van der Waals surface area (Å²) >= 11 is 0. The van der Waals surface area contributed by atoms with Gasteiger partial charge in [0.2, 0.25) is 0 Å². The fraction of sp³-hybridized carbons (Fsp3) is 0.357. The van der Waals surface area contributed by atoms with Gasteiger partial charge in [-0.1, -0.05) is 30.3 Å². The first-order valence-corrected chi connectivity index (χ1v) is 6.09. The van der Waals surface area contributed by atoms with Crippen molar-refractivity contribution in [2.45, 2.75) is 25.7 Å². The Labute approximate surface area is 111 Å². The van der Waals surface area contributed by atoms with Crippen molar-refractivity contribution in [3.05, 3.63) is 47.5 Å². The number of carboxylic acids is 1. The van der Waals surface area contributed by atoms with Crippen molar-refractivity contribution >= 4 is 5.97 Å². The van der Waals surface area contributed by atoms with Crippen molar-refractivity contribution in [2.75, 3.05) is 0 Å². The van der Waals surface area contributed by atoms with Gasteiger partial charge in [0.1, 0.15) is 11.6 Å². The molecule has 0 saturated carbocycles.